The van der Waals surface area contributed by atoms with E-state index in [0.29, 0.717) is 23.4 Å². The average molecular weight is 448 g/mol. The van der Waals surface area contributed by atoms with Crippen LogP contribution in [0.1, 0.15) is 52.4 Å². The van der Waals surface area contributed by atoms with Crippen LogP contribution in [0, 0.1) is 29.0 Å². The quantitative estimate of drug-likeness (QED) is 0.590. The Morgan fingerprint density at radius 1 is 1.06 bits per heavy atom. The number of carbonyl (C=O) groups excluding carboxylic acids is 3. The smallest absolute Gasteiger partial charge is 0.319 e. The minimum Gasteiger partial charge on any atom is -0.454 e. The Labute approximate surface area is 186 Å². The van der Waals surface area contributed by atoms with Crippen molar-refractivity contribution in [2.24, 2.45) is 23.2 Å². The van der Waals surface area contributed by atoms with Crippen molar-refractivity contribution in [2.75, 3.05) is 11.1 Å². The highest BCUT2D eigenvalue weighted by atomic mass is 32.2. The molecule has 4 bridgehead atoms. The summed E-state index contributed by atoms with van der Waals surface area (Å²) < 4.78 is 18.5. The first-order chi connectivity index (χ1) is 14.7. The molecule has 0 heterocycles. The minimum absolute atomic E-state index is 0.0605. The molecule has 4 aliphatic carbocycles. The van der Waals surface area contributed by atoms with E-state index in [1.165, 1.54) is 43.5 Å². The maximum atomic E-state index is 13.3. The molecule has 4 fully saturated rings. The van der Waals surface area contributed by atoms with Gasteiger partial charge in [-0.3, -0.25) is 14.4 Å². The average Bonchev–Trinajstić information content (AvgIpc) is 2.72. The molecule has 1 amide bonds. The number of ketones is 1. The van der Waals surface area contributed by atoms with Crippen LogP contribution in [0.4, 0.5) is 10.1 Å². The lowest BCUT2D eigenvalue weighted by atomic mass is 9.48. The Morgan fingerprint density at radius 3 is 2.16 bits per heavy atom. The van der Waals surface area contributed by atoms with E-state index < -0.39 is 17.3 Å². The lowest BCUT2D eigenvalue weighted by Crippen LogP contribution is -2.53. The van der Waals surface area contributed by atoms with Gasteiger partial charge < -0.3 is 10.1 Å². The third-order valence-corrected chi connectivity index (χ3v) is 8.27. The fourth-order valence-corrected chi connectivity index (χ4v) is 6.83. The molecule has 0 unspecified atom stereocenters. The first-order valence-corrected chi connectivity index (χ1v) is 12.2. The van der Waals surface area contributed by atoms with Gasteiger partial charge in [0, 0.05) is 11.1 Å². The molecule has 0 spiro atoms. The number of thioether (sulfide) groups is 1. The van der Waals surface area contributed by atoms with Gasteiger partial charge in [0.2, 0.25) is 5.91 Å². The first-order valence-electron chi connectivity index (χ1n) is 11.2. The van der Waals surface area contributed by atoms with E-state index >= 15 is 0 Å². The van der Waals surface area contributed by atoms with Crippen molar-refractivity contribution < 1.29 is 23.5 Å². The maximum Gasteiger partial charge on any atom is 0.319 e. The van der Waals surface area contributed by atoms with Crippen molar-refractivity contribution in [2.45, 2.75) is 63.7 Å². The molecule has 1 N–H and O–H groups in total. The van der Waals surface area contributed by atoms with Gasteiger partial charge in [0.15, 0.2) is 11.9 Å². The number of nitrogens with one attached hydrogen (secondary N) is 1. The van der Waals surface area contributed by atoms with Crippen molar-refractivity contribution in [1.82, 2.24) is 0 Å². The number of carbonyl (C=O) groups is 3. The second-order valence-electron chi connectivity index (χ2n) is 9.65. The number of ether oxygens (including phenoxy) is 1. The molecule has 4 saturated carbocycles. The Morgan fingerprint density at radius 2 is 1.61 bits per heavy atom. The molecular formula is C24H30FNO4S. The van der Waals surface area contributed by atoms with Crippen LogP contribution >= 0.6 is 11.8 Å². The number of amides is 1. The highest BCUT2D eigenvalue weighted by Crippen LogP contribution is 2.60. The number of hydrogen-bond donors (Lipinski definition) is 1. The van der Waals surface area contributed by atoms with Gasteiger partial charge in [-0.15, -0.1) is 11.8 Å². The third kappa shape index (κ3) is 4.97. The molecule has 168 valence electrons. The number of benzene rings is 1. The van der Waals surface area contributed by atoms with Gasteiger partial charge in [-0.1, -0.05) is 0 Å². The fraction of sp³-hybridized carbons (Fsp3) is 0.625. The van der Waals surface area contributed by atoms with Gasteiger partial charge in [-0.25, -0.2) is 4.39 Å². The molecule has 1 aromatic carbocycles. The molecular weight excluding hydrogens is 417 g/mol. The van der Waals surface area contributed by atoms with Gasteiger partial charge in [0.1, 0.15) is 11.1 Å². The summed E-state index contributed by atoms with van der Waals surface area (Å²) >= 11 is 1.16. The Bertz CT molecular complexity index is 820. The van der Waals surface area contributed by atoms with Crippen molar-refractivity contribution in [3.05, 3.63) is 30.1 Å². The van der Waals surface area contributed by atoms with Crippen LogP contribution in [0.2, 0.25) is 0 Å². The lowest BCUT2D eigenvalue weighted by molar-refractivity contribution is -0.164. The lowest BCUT2D eigenvalue weighted by Gasteiger charge is -2.56. The van der Waals surface area contributed by atoms with E-state index in [1.54, 1.807) is 13.8 Å². The van der Waals surface area contributed by atoms with Gasteiger partial charge in [-0.05, 0) is 94.4 Å². The zero-order valence-corrected chi connectivity index (χ0v) is 18.9. The molecule has 1 aromatic rings. The first kappa shape index (κ1) is 22.3. The van der Waals surface area contributed by atoms with E-state index in [0.717, 1.165) is 31.0 Å². The summed E-state index contributed by atoms with van der Waals surface area (Å²) in [5, 5.41) is 2.10. The predicted molar refractivity (Wildman–Crippen MR) is 118 cm³/mol. The summed E-state index contributed by atoms with van der Waals surface area (Å²) in [5.74, 6) is 1.00. The van der Waals surface area contributed by atoms with Gasteiger partial charge in [-0.2, -0.15) is 0 Å². The molecule has 5 rings (SSSR count). The molecule has 7 heteroatoms. The molecule has 0 saturated heterocycles. The van der Waals surface area contributed by atoms with Crippen LogP contribution < -0.4 is 5.32 Å². The van der Waals surface area contributed by atoms with Gasteiger partial charge >= 0.3 is 5.97 Å². The van der Waals surface area contributed by atoms with Crippen LogP contribution in [0.5, 0.6) is 0 Å². The summed E-state index contributed by atoms with van der Waals surface area (Å²) in [7, 11) is 0. The zero-order valence-electron chi connectivity index (χ0n) is 18.1. The number of esters is 1. The maximum absolute atomic E-state index is 13.3. The van der Waals surface area contributed by atoms with Crippen LogP contribution in [0.3, 0.4) is 0 Å². The van der Waals surface area contributed by atoms with Crippen LogP contribution in [-0.2, 0) is 19.1 Å². The van der Waals surface area contributed by atoms with E-state index in [-0.39, 0.29) is 28.7 Å². The number of anilines is 1. The molecule has 0 aliphatic heterocycles. The topological polar surface area (TPSA) is 72.5 Å². The summed E-state index contributed by atoms with van der Waals surface area (Å²) in [6.07, 6.45) is 5.88. The largest absolute Gasteiger partial charge is 0.454 e. The van der Waals surface area contributed by atoms with Crippen molar-refractivity contribution in [3.63, 3.8) is 0 Å². The SMILES string of the molecule is C[C@H](SCC(=O)Nc1ccc(F)cc1)C(=O)O[C@H](C)C(=O)C12CC3CC(CC(C3)C1)C2. The van der Waals surface area contributed by atoms with Crippen molar-refractivity contribution >= 4 is 35.1 Å². The highest BCUT2D eigenvalue weighted by molar-refractivity contribution is 8.01. The standard InChI is InChI=1S/C24H30FNO4S/c1-14(22(28)24-10-16-7-17(11-24)9-18(8-16)12-24)30-23(29)15(2)31-13-21(27)26-20-5-3-19(25)4-6-20/h3-6,14-18H,7-13H2,1-2H3,(H,26,27)/t14-,15+,16?,17?,18?,24?/m1/s1. The number of Topliss-reactive ketones (excluding diaryl/α,β-unsaturated/α-hetero) is 1. The molecule has 5 nitrogen and oxygen atoms in total. The summed E-state index contributed by atoms with van der Waals surface area (Å²) in [6.45, 7) is 3.37. The van der Waals surface area contributed by atoms with Crippen LogP contribution in [-0.4, -0.2) is 34.8 Å². The Hall–Kier alpha value is -1.89. The molecule has 0 aromatic heterocycles. The molecule has 31 heavy (non-hydrogen) atoms. The fourth-order valence-electron chi connectivity index (χ4n) is 6.17. The van der Waals surface area contributed by atoms with Crippen molar-refractivity contribution in [1.29, 1.82) is 0 Å². The zero-order chi connectivity index (χ0) is 22.2. The van der Waals surface area contributed by atoms with E-state index in [4.69, 9.17) is 4.74 Å². The van der Waals surface area contributed by atoms with E-state index in [2.05, 4.69) is 5.32 Å². The number of halogens is 1. The monoisotopic (exact) mass is 447 g/mol. The number of hydrogen-bond acceptors (Lipinski definition) is 5. The summed E-state index contributed by atoms with van der Waals surface area (Å²) in [6, 6.07) is 5.50. The second-order valence-corrected chi connectivity index (χ2v) is 11.0. The summed E-state index contributed by atoms with van der Waals surface area (Å²) in [4.78, 5) is 37.9. The van der Waals surface area contributed by atoms with E-state index in [9.17, 15) is 18.8 Å². The molecule has 4 aliphatic rings. The minimum atomic E-state index is -0.750. The molecule has 0 radical (unpaired) electrons. The molecule has 2 atom stereocenters. The Kier molecular flexibility index (Phi) is 6.42. The van der Waals surface area contributed by atoms with Crippen LogP contribution in [0.25, 0.3) is 0 Å². The van der Waals surface area contributed by atoms with E-state index in [1.807, 2.05) is 0 Å². The van der Waals surface area contributed by atoms with Gasteiger partial charge in [0.25, 0.3) is 0 Å². The normalized spacial score (nSPS) is 30.5. The highest BCUT2D eigenvalue weighted by Gasteiger charge is 2.55. The Balaban J connectivity index is 1.25. The second kappa shape index (κ2) is 8.93. The third-order valence-electron chi connectivity index (χ3n) is 7.15. The predicted octanol–water partition coefficient (Wildman–Crippen LogP) is 4.60. The van der Waals surface area contributed by atoms with Gasteiger partial charge in [0.05, 0.1) is 5.75 Å². The number of rotatable bonds is 8. The van der Waals surface area contributed by atoms with Crippen molar-refractivity contribution in [3.8, 4) is 0 Å². The summed E-state index contributed by atoms with van der Waals surface area (Å²) in [5.41, 5.74) is 0.205. The van der Waals surface area contributed by atoms with Crippen LogP contribution in [0.15, 0.2) is 24.3 Å².